The van der Waals surface area contributed by atoms with Crippen molar-refractivity contribution in [2.45, 2.75) is 38.0 Å². The third-order valence-corrected chi connectivity index (χ3v) is 5.89. The first-order valence-electron chi connectivity index (χ1n) is 10.9. The zero-order valence-corrected chi connectivity index (χ0v) is 17.3. The fourth-order valence-corrected chi connectivity index (χ4v) is 4.21. The van der Waals surface area contributed by atoms with Crippen LogP contribution < -0.4 is 16.0 Å². The second-order valence-electron chi connectivity index (χ2n) is 8.22. The molecule has 2 aliphatic rings. The first kappa shape index (κ1) is 20.8. The molecule has 2 aliphatic heterocycles. The van der Waals surface area contributed by atoms with Gasteiger partial charge in [0.15, 0.2) is 0 Å². The molecular formula is C23H31N5O2. The van der Waals surface area contributed by atoms with Crippen LogP contribution >= 0.6 is 0 Å². The van der Waals surface area contributed by atoms with Gasteiger partial charge in [0.05, 0.1) is 6.10 Å². The Labute approximate surface area is 177 Å². The van der Waals surface area contributed by atoms with Gasteiger partial charge in [-0.3, -0.25) is 9.69 Å². The second kappa shape index (κ2) is 10.0. The van der Waals surface area contributed by atoms with Gasteiger partial charge < -0.3 is 21.1 Å². The lowest BCUT2D eigenvalue weighted by atomic mass is 10.00. The van der Waals surface area contributed by atoms with E-state index in [2.05, 4.69) is 50.1 Å². The van der Waals surface area contributed by atoms with Crippen LogP contribution in [0.3, 0.4) is 0 Å². The number of nitrogens with zero attached hydrogens (tertiary/aromatic N) is 2. The van der Waals surface area contributed by atoms with Gasteiger partial charge in [-0.25, -0.2) is 4.98 Å². The monoisotopic (exact) mass is 409 g/mol. The maximum atomic E-state index is 12.5. The number of aliphatic hydroxyl groups is 1. The minimum absolute atomic E-state index is 0.186. The van der Waals surface area contributed by atoms with Crippen molar-refractivity contribution in [3.63, 3.8) is 0 Å². The molecule has 4 rings (SSSR count). The Morgan fingerprint density at radius 1 is 1.23 bits per heavy atom. The van der Waals surface area contributed by atoms with E-state index >= 15 is 0 Å². The summed E-state index contributed by atoms with van der Waals surface area (Å²) in [5.74, 6) is 0.538. The van der Waals surface area contributed by atoms with Crippen LogP contribution in [-0.2, 0) is 13.0 Å². The van der Waals surface area contributed by atoms with Gasteiger partial charge in [-0.1, -0.05) is 24.3 Å². The lowest BCUT2D eigenvalue weighted by molar-refractivity contribution is 0.0842. The summed E-state index contributed by atoms with van der Waals surface area (Å²) in [6.45, 7) is 4.55. The first-order valence-corrected chi connectivity index (χ1v) is 10.9. The number of piperidine rings is 1. The number of β-amino-alcohol motifs (C(OH)–C–C–N with tert-alkyl or cyclic N) is 1. The number of aliphatic hydroxyl groups excluding tert-OH is 1. The Kier molecular flexibility index (Phi) is 6.94. The van der Waals surface area contributed by atoms with Crippen molar-refractivity contribution in [1.82, 2.24) is 20.5 Å². The number of benzene rings is 1. The van der Waals surface area contributed by atoms with Gasteiger partial charge in [0.2, 0.25) is 0 Å². The van der Waals surface area contributed by atoms with E-state index < -0.39 is 6.10 Å². The molecule has 7 heteroatoms. The van der Waals surface area contributed by atoms with Crippen molar-refractivity contribution >= 4 is 11.7 Å². The summed E-state index contributed by atoms with van der Waals surface area (Å²) in [5, 5.41) is 20.0. The maximum absolute atomic E-state index is 12.5. The number of amides is 1. The molecule has 0 bridgehead atoms. The summed E-state index contributed by atoms with van der Waals surface area (Å²) in [4.78, 5) is 19.1. The van der Waals surface area contributed by atoms with Crippen LogP contribution in [0.15, 0.2) is 42.6 Å². The molecule has 2 aromatic rings. The minimum atomic E-state index is -0.603. The predicted molar refractivity (Wildman–Crippen MR) is 118 cm³/mol. The van der Waals surface area contributed by atoms with Crippen LogP contribution in [0.25, 0.3) is 0 Å². The SMILES string of the molecule is O=C(NCC(O)CN1CCc2ccccc2C1)c1ccnc(NC2CCNCC2)c1. The molecule has 0 spiro atoms. The van der Waals surface area contributed by atoms with E-state index in [1.54, 1.807) is 18.3 Å². The number of carbonyl (C=O) groups excluding carboxylic acids is 1. The van der Waals surface area contributed by atoms with Crippen molar-refractivity contribution in [2.24, 2.45) is 0 Å². The number of pyridine rings is 1. The molecule has 0 aliphatic carbocycles. The van der Waals surface area contributed by atoms with E-state index in [9.17, 15) is 9.90 Å². The quantitative estimate of drug-likeness (QED) is 0.553. The second-order valence-corrected chi connectivity index (χ2v) is 8.22. The zero-order chi connectivity index (χ0) is 20.8. The van der Waals surface area contributed by atoms with Crippen LogP contribution in [0, 0.1) is 0 Å². The lowest BCUT2D eigenvalue weighted by Gasteiger charge is -2.30. The molecule has 1 aromatic heterocycles. The van der Waals surface area contributed by atoms with E-state index in [1.807, 2.05) is 0 Å². The van der Waals surface area contributed by atoms with E-state index in [0.717, 1.165) is 51.3 Å². The molecule has 1 saturated heterocycles. The van der Waals surface area contributed by atoms with E-state index in [0.29, 0.717) is 18.2 Å². The summed E-state index contributed by atoms with van der Waals surface area (Å²) in [5.41, 5.74) is 3.27. The van der Waals surface area contributed by atoms with Gasteiger partial charge in [-0.2, -0.15) is 0 Å². The van der Waals surface area contributed by atoms with Gasteiger partial charge in [0.25, 0.3) is 5.91 Å². The molecule has 0 radical (unpaired) electrons. The highest BCUT2D eigenvalue weighted by atomic mass is 16.3. The molecule has 30 heavy (non-hydrogen) atoms. The number of anilines is 1. The van der Waals surface area contributed by atoms with Crippen LogP contribution in [-0.4, -0.2) is 65.8 Å². The number of fused-ring (bicyclic) bond motifs is 1. The third kappa shape index (κ3) is 5.56. The van der Waals surface area contributed by atoms with Crippen molar-refractivity contribution in [3.8, 4) is 0 Å². The largest absolute Gasteiger partial charge is 0.390 e. The average Bonchev–Trinajstić information content (AvgIpc) is 2.78. The molecule has 0 saturated carbocycles. The normalized spacial score (nSPS) is 18.4. The van der Waals surface area contributed by atoms with Crippen LogP contribution in [0.2, 0.25) is 0 Å². The lowest BCUT2D eigenvalue weighted by Crippen LogP contribution is -2.42. The highest BCUT2D eigenvalue weighted by molar-refractivity contribution is 5.94. The molecule has 3 heterocycles. The fraction of sp³-hybridized carbons (Fsp3) is 0.478. The van der Waals surface area contributed by atoms with Crippen molar-refractivity contribution < 1.29 is 9.90 Å². The molecule has 1 aromatic carbocycles. The number of hydrogen-bond donors (Lipinski definition) is 4. The van der Waals surface area contributed by atoms with Gasteiger partial charge in [-0.15, -0.1) is 0 Å². The van der Waals surface area contributed by atoms with Crippen LogP contribution in [0.4, 0.5) is 5.82 Å². The fourth-order valence-electron chi connectivity index (χ4n) is 4.21. The summed E-state index contributed by atoms with van der Waals surface area (Å²) in [7, 11) is 0. The van der Waals surface area contributed by atoms with Gasteiger partial charge in [0, 0.05) is 44.0 Å². The molecule has 1 unspecified atom stereocenters. The van der Waals surface area contributed by atoms with Crippen molar-refractivity contribution in [2.75, 3.05) is 38.0 Å². The first-order chi connectivity index (χ1) is 14.7. The summed E-state index contributed by atoms with van der Waals surface area (Å²) in [6.07, 6.45) is 4.14. The number of rotatable bonds is 7. The van der Waals surface area contributed by atoms with E-state index in [4.69, 9.17) is 0 Å². The number of carbonyl (C=O) groups is 1. The van der Waals surface area contributed by atoms with Crippen molar-refractivity contribution in [3.05, 3.63) is 59.3 Å². The van der Waals surface area contributed by atoms with E-state index in [1.165, 1.54) is 11.1 Å². The zero-order valence-electron chi connectivity index (χ0n) is 17.3. The highest BCUT2D eigenvalue weighted by Gasteiger charge is 2.19. The molecule has 7 nitrogen and oxygen atoms in total. The Morgan fingerprint density at radius 2 is 2.03 bits per heavy atom. The summed E-state index contributed by atoms with van der Waals surface area (Å²) >= 11 is 0. The maximum Gasteiger partial charge on any atom is 0.251 e. The Morgan fingerprint density at radius 3 is 2.87 bits per heavy atom. The highest BCUT2D eigenvalue weighted by Crippen LogP contribution is 2.18. The molecule has 1 atom stereocenters. The Bertz CT molecular complexity index is 853. The molecule has 1 amide bonds. The third-order valence-electron chi connectivity index (χ3n) is 5.89. The number of hydrogen-bond acceptors (Lipinski definition) is 6. The Hall–Kier alpha value is -2.48. The average molecular weight is 410 g/mol. The smallest absolute Gasteiger partial charge is 0.251 e. The Balaban J connectivity index is 1.24. The number of aromatic nitrogens is 1. The molecule has 4 N–H and O–H groups in total. The van der Waals surface area contributed by atoms with Gasteiger partial charge in [-0.05, 0) is 55.6 Å². The summed E-state index contributed by atoms with van der Waals surface area (Å²) in [6, 6.07) is 12.3. The van der Waals surface area contributed by atoms with Crippen LogP contribution in [0.5, 0.6) is 0 Å². The molecule has 160 valence electrons. The molecular weight excluding hydrogens is 378 g/mol. The van der Waals surface area contributed by atoms with E-state index in [-0.39, 0.29) is 12.5 Å². The van der Waals surface area contributed by atoms with Gasteiger partial charge in [0.1, 0.15) is 5.82 Å². The van der Waals surface area contributed by atoms with Crippen LogP contribution in [0.1, 0.15) is 34.3 Å². The standard InChI is InChI=1S/C23H31N5O2/c29-21(16-28-12-8-17-3-1-2-4-19(17)15-28)14-26-23(30)18-5-11-25-22(13-18)27-20-6-9-24-10-7-20/h1-5,11,13,20-21,24,29H,6-10,12,14-16H2,(H,25,27)(H,26,30). The van der Waals surface area contributed by atoms with Gasteiger partial charge >= 0.3 is 0 Å². The number of nitrogens with one attached hydrogen (secondary N) is 3. The predicted octanol–water partition coefficient (Wildman–Crippen LogP) is 1.39. The van der Waals surface area contributed by atoms with Crippen molar-refractivity contribution in [1.29, 1.82) is 0 Å². The minimum Gasteiger partial charge on any atom is -0.390 e. The molecule has 1 fully saturated rings. The summed E-state index contributed by atoms with van der Waals surface area (Å²) < 4.78 is 0. The topological polar surface area (TPSA) is 89.5 Å².